The quantitative estimate of drug-likeness (QED) is 0.820. The van der Waals surface area contributed by atoms with Crippen molar-refractivity contribution in [3.63, 3.8) is 0 Å². The molecular formula is C14H24N2O. The Morgan fingerprint density at radius 2 is 2.24 bits per heavy atom. The average molecular weight is 236 g/mol. The fourth-order valence-electron chi connectivity index (χ4n) is 2.45. The van der Waals surface area contributed by atoms with Gasteiger partial charge in [0.05, 0.1) is 6.10 Å². The molecule has 1 unspecified atom stereocenters. The van der Waals surface area contributed by atoms with E-state index in [0.717, 1.165) is 19.7 Å². The third kappa shape index (κ3) is 3.33. The molecule has 2 rings (SSSR count). The summed E-state index contributed by atoms with van der Waals surface area (Å²) in [6, 6.07) is 4.47. The highest BCUT2D eigenvalue weighted by Crippen LogP contribution is 2.12. The number of nitrogens with zero attached hydrogens (tertiary/aromatic N) is 1. The van der Waals surface area contributed by atoms with E-state index in [9.17, 15) is 0 Å². The van der Waals surface area contributed by atoms with Crippen molar-refractivity contribution in [1.29, 1.82) is 0 Å². The van der Waals surface area contributed by atoms with Gasteiger partial charge in [-0.25, -0.2) is 0 Å². The van der Waals surface area contributed by atoms with Crippen molar-refractivity contribution >= 4 is 0 Å². The Balaban J connectivity index is 1.78. The molecule has 0 saturated carbocycles. The lowest BCUT2D eigenvalue weighted by Crippen LogP contribution is -2.26. The highest BCUT2D eigenvalue weighted by molar-refractivity contribution is 5.16. The van der Waals surface area contributed by atoms with Crippen molar-refractivity contribution in [2.45, 2.75) is 45.3 Å². The van der Waals surface area contributed by atoms with E-state index in [1.807, 2.05) is 0 Å². The minimum absolute atomic E-state index is 0.436. The zero-order valence-electron chi connectivity index (χ0n) is 11.0. The Hall–Kier alpha value is -0.800. The van der Waals surface area contributed by atoms with Crippen LogP contribution in [0.5, 0.6) is 0 Å². The highest BCUT2D eigenvalue weighted by atomic mass is 16.5. The largest absolute Gasteiger partial charge is 0.377 e. The van der Waals surface area contributed by atoms with Crippen LogP contribution in [0.3, 0.4) is 0 Å². The molecule has 1 fully saturated rings. The number of rotatable bonds is 6. The van der Waals surface area contributed by atoms with Gasteiger partial charge in [0.25, 0.3) is 0 Å². The van der Waals surface area contributed by atoms with Crippen LogP contribution >= 0.6 is 0 Å². The fourth-order valence-corrected chi connectivity index (χ4v) is 2.45. The monoisotopic (exact) mass is 236 g/mol. The molecule has 0 spiro atoms. The number of nitrogens with one attached hydrogen (secondary N) is 1. The average Bonchev–Trinajstić information content (AvgIpc) is 2.94. The van der Waals surface area contributed by atoms with Gasteiger partial charge in [-0.05, 0) is 31.4 Å². The summed E-state index contributed by atoms with van der Waals surface area (Å²) in [5.74, 6) is 0. The Labute approximate surface area is 104 Å². The molecule has 1 aliphatic rings. The molecule has 1 atom stereocenters. The number of hydrogen-bond acceptors (Lipinski definition) is 2. The Morgan fingerprint density at radius 3 is 2.94 bits per heavy atom. The maximum absolute atomic E-state index is 5.60. The number of aromatic nitrogens is 1. The summed E-state index contributed by atoms with van der Waals surface area (Å²) in [7, 11) is 2.16. The second kappa shape index (κ2) is 6.22. The van der Waals surface area contributed by atoms with E-state index in [-0.39, 0.29) is 0 Å². The third-order valence-electron chi connectivity index (χ3n) is 3.54. The first-order valence-electron chi connectivity index (χ1n) is 6.77. The molecule has 3 nitrogen and oxygen atoms in total. The van der Waals surface area contributed by atoms with Crippen molar-refractivity contribution < 1.29 is 4.74 Å². The van der Waals surface area contributed by atoms with Gasteiger partial charge >= 0.3 is 0 Å². The van der Waals surface area contributed by atoms with E-state index in [0.29, 0.717) is 6.10 Å². The molecule has 0 amide bonds. The Kier molecular flexibility index (Phi) is 4.63. The van der Waals surface area contributed by atoms with E-state index in [1.54, 1.807) is 0 Å². The lowest BCUT2D eigenvalue weighted by Gasteiger charge is -2.12. The van der Waals surface area contributed by atoms with Crippen LogP contribution in [-0.4, -0.2) is 23.8 Å². The van der Waals surface area contributed by atoms with Crippen LogP contribution in [0.4, 0.5) is 0 Å². The molecule has 0 radical (unpaired) electrons. The fraction of sp³-hybridized carbons (Fsp3) is 0.714. The molecule has 96 valence electrons. The molecular weight excluding hydrogens is 212 g/mol. The predicted octanol–water partition coefficient (Wildman–Crippen LogP) is 2.25. The molecule has 17 heavy (non-hydrogen) atoms. The van der Waals surface area contributed by atoms with Gasteiger partial charge in [0.1, 0.15) is 0 Å². The van der Waals surface area contributed by atoms with E-state index in [4.69, 9.17) is 4.74 Å². The maximum Gasteiger partial charge on any atom is 0.0700 e. The molecule has 0 aliphatic carbocycles. The van der Waals surface area contributed by atoms with Gasteiger partial charge in [0.15, 0.2) is 0 Å². The van der Waals surface area contributed by atoms with Crippen LogP contribution in [0.25, 0.3) is 0 Å². The van der Waals surface area contributed by atoms with Gasteiger partial charge in [-0.2, -0.15) is 0 Å². The van der Waals surface area contributed by atoms with Gasteiger partial charge in [0.2, 0.25) is 0 Å². The van der Waals surface area contributed by atoms with E-state index in [2.05, 4.69) is 36.0 Å². The summed E-state index contributed by atoms with van der Waals surface area (Å²) >= 11 is 0. The van der Waals surface area contributed by atoms with E-state index < -0.39 is 0 Å². The normalized spacial score (nSPS) is 20.0. The zero-order chi connectivity index (χ0) is 12.1. The molecule has 2 heterocycles. The summed E-state index contributed by atoms with van der Waals surface area (Å²) < 4.78 is 7.91. The van der Waals surface area contributed by atoms with Crippen molar-refractivity contribution in [2.24, 2.45) is 7.05 Å². The first kappa shape index (κ1) is 12.7. The molecule has 3 heteroatoms. The summed E-state index contributed by atoms with van der Waals surface area (Å²) in [4.78, 5) is 0. The summed E-state index contributed by atoms with van der Waals surface area (Å²) in [6.45, 7) is 5.09. The van der Waals surface area contributed by atoms with Crippen LogP contribution in [0, 0.1) is 0 Å². The van der Waals surface area contributed by atoms with Crippen LogP contribution in [0.2, 0.25) is 0 Å². The SMILES string of the molecule is CCCc1ccc(CNCC2CCCO2)n1C. The lowest BCUT2D eigenvalue weighted by molar-refractivity contribution is 0.110. The predicted molar refractivity (Wildman–Crippen MR) is 70.1 cm³/mol. The standard InChI is InChI=1S/C14H24N2O/c1-3-5-12-7-8-13(16(12)2)10-15-11-14-6-4-9-17-14/h7-8,14-15H,3-6,9-11H2,1-2H3. The third-order valence-corrected chi connectivity index (χ3v) is 3.54. The van der Waals surface area contributed by atoms with Crippen LogP contribution in [-0.2, 0) is 24.8 Å². The van der Waals surface area contributed by atoms with Crippen LogP contribution in [0.15, 0.2) is 12.1 Å². The van der Waals surface area contributed by atoms with Crippen LogP contribution < -0.4 is 5.32 Å². The van der Waals surface area contributed by atoms with Crippen molar-refractivity contribution in [1.82, 2.24) is 9.88 Å². The van der Waals surface area contributed by atoms with E-state index >= 15 is 0 Å². The Bertz CT molecular complexity index is 340. The molecule has 1 aliphatic heterocycles. The minimum atomic E-state index is 0.436. The molecule has 0 bridgehead atoms. The highest BCUT2D eigenvalue weighted by Gasteiger charge is 2.14. The van der Waals surface area contributed by atoms with Crippen molar-refractivity contribution in [2.75, 3.05) is 13.2 Å². The molecule has 1 saturated heterocycles. The number of ether oxygens (including phenoxy) is 1. The van der Waals surface area contributed by atoms with Crippen LogP contribution in [0.1, 0.15) is 37.6 Å². The van der Waals surface area contributed by atoms with E-state index in [1.165, 1.54) is 37.1 Å². The zero-order valence-corrected chi connectivity index (χ0v) is 11.0. The summed E-state index contributed by atoms with van der Waals surface area (Å²) in [5.41, 5.74) is 2.80. The summed E-state index contributed by atoms with van der Waals surface area (Å²) in [5, 5.41) is 3.49. The smallest absolute Gasteiger partial charge is 0.0700 e. The molecule has 1 aromatic rings. The number of hydrogen-bond donors (Lipinski definition) is 1. The van der Waals surface area contributed by atoms with Gasteiger partial charge in [-0.15, -0.1) is 0 Å². The molecule has 0 aromatic carbocycles. The minimum Gasteiger partial charge on any atom is -0.377 e. The van der Waals surface area contributed by atoms with Gasteiger partial charge in [0, 0.05) is 38.1 Å². The molecule has 1 aromatic heterocycles. The second-order valence-corrected chi connectivity index (χ2v) is 4.89. The topological polar surface area (TPSA) is 26.2 Å². The molecule has 1 N–H and O–H groups in total. The van der Waals surface area contributed by atoms with Crippen molar-refractivity contribution in [3.8, 4) is 0 Å². The van der Waals surface area contributed by atoms with Gasteiger partial charge in [-0.3, -0.25) is 0 Å². The maximum atomic E-state index is 5.60. The lowest BCUT2D eigenvalue weighted by atomic mass is 10.2. The first-order valence-corrected chi connectivity index (χ1v) is 6.77. The van der Waals surface area contributed by atoms with Crippen molar-refractivity contribution in [3.05, 3.63) is 23.5 Å². The second-order valence-electron chi connectivity index (χ2n) is 4.89. The summed E-state index contributed by atoms with van der Waals surface area (Å²) in [6.07, 6.45) is 5.24. The van der Waals surface area contributed by atoms with Gasteiger partial charge in [-0.1, -0.05) is 13.3 Å². The first-order chi connectivity index (χ1) is 8.31. The Morgan fingerprint density at radius 1 is 1.41 bits per heavy atom. The van der Waals surface area contributed by atoms with Gasteiger partial charge < -0.3 is 14.6 Å². The number of aryl methyl sites for hydroxylation is 1.